The lowest BCUT2D eigenvalue weighted by molar-refractivity contribution is 0.200. The second-order valence-electron chi connectivity index (χ2n) is 4.51. The smallest absolute Gasteiger partial charge is 0.208 e. The van der Waals surface area contributed by atoms with E-state index in [0.29, 0.717) is 0 Å². The Labute approximate surface area is 110 Å². The fourth-order valence-corrected chi connectivity index (χ4v) is 2.93. The molecular weight excluding hydrogens is 256 g/mol. The number of nitrogens with zero attached hydrogens (tertiary/aromatic N) is 3. The van der Waals surface area contributed by atoms with Crippen LogP contribution in [0.15, 0.2) is 4.34 Å². The van der Waals surface area contributed by atoms with E-state index in [9.17, 15) is 0 Å². The zero-order valence-corrected chi connectivity index (χ0v) is 12.1. The molecule has 1 unspecified atom stereocenters. The summed E-state index contributed by atoms with van der Waals surface area (Å²) < 4.78 is 0.983. The van der Waals surface area contributed by atoms with Crippen LogP contribution in [0.3, 0.4) is 0 Å². The van der Waals surface area contributed by atoms with Gasteiger partial charge in [0.1, 0.15) is 0 Å². The molecule has 0 saturated carbocycles. The van der Waals surface area contributed by atoms with Gasteiger partial charge in [-0.25, -0.2) is 0 Å². The summed E-state index contributed by atoms with van der Waals surface area (Å²) >= 11 is 3.28. The van der Waals surface area contributed by atoms with Gasteiger partial charge in [-0.3, -0.25) is 0 Å². The summed E-state index contributed by atoms with van der Waals surface area (Å²) in [5.74, 6) is 0.953. The Kier molecular flexibility index (Phi) is 5.64. The van der Waals surface area contributed by atoms with Crippen LogP contribution in [0.4, 0.5) is 5.13 Å². The number of aliphatic hydroxyl groups is 1. The Morgan fingerprint density at radius 3 is 2.71 bits per heavy atom. The third-order valence-electron chi connectivity index (χ3n) is 2.26. The normalized spacial score (nSPS) is 14.6. The second-order valence-corrected chi connectivity index (χ2v) is 6.81. The van der Waals surface area contributed by atoms with Crippen molar-refractivity contribution >= 4 is 28.2 Å². The fraction of sp³-hybridized carbons (Fsp3) is 0.800. The highest BCUT2D eigenvalue weighted by atomic mass is 32.2. The highest BCUT2D eigenvalue weighted by Crippen LogP contribution is 2.27. The zero-order valence-electron chi connectivity index (χ0n) is 10.5. The van der Waals surface area contributed by atoms with Crippen LogP contribution in [-0.4, -0.2) is 47.3 Å². The van der Waals surface area contributed by atoms with Crippen LogP contribution < -0.4 is 10.6 Å². The Bertz CT molecular complexity index is 341. The summed E-state index contributed by atoms with van der Waals surface area (Å²) in [7, 11) is 3.91. The first-order valence-corrected chi connectivity index (χ1v) is 7.28. The van der Waals surface area contributed by atoms with Gasteiger partial charge in [0.2, 0.25) is 5.13 Å². The number of aromatic nitrogens is 2. The predicted molar refractivity (Wildman–Crippen MR) is 73.9 cm³/mol. The van der Waals surface area contributed by atoms with Crippen molar-refractivity contribution in [1.82, 2.24) is 10.2 Å². The molecule has 98 valence electrons. The molecule has 7 heteroatoms. The van der Waals surface area contributed by atoms with Gasteiger partial charge in [-0.15, -0.1) is 10.2 Å². The molecule has 3 N–H and O–H groups in total. The Balaban J connectivity index is 2.26. The standard InChI is InChI=1S/C10H20N4OS2/c1-10(11,7-15)5-4-6-16-9-13-12-8(17-9)14(2)3/h15H,4-7,11H2,1-3H3. The fourth-order valence-electron chi connectivity index (χ4n) is 1.16. The predicted octanol–water partition coefficient (Wildman–Crippen LogP) is 1.19. The molecule has 0 aliphatic carbocycles. The monoisotopic (exact) mass is 276 g/mol. The number of hydrogen-bond acceptors (Lipinski definition) is 7. The molecule has 1 aromatic heterocycles. The van der Waals surface area contributed by atoms with Crippen LogP contribution >= 0.6 is 23.1 Å². The zero-order chi connectivity index (χ0) is 12.9. The van der Waals surface area contributed by atoms with Crippen molar-refractivity contribution in [2.45, 2.75) is 29.6 Å². The van der Waals surface area contributed by atoms with Gasteiger partial charge in [0, 0.05) is 25.4 Å². The quantitative estimate of drug-likeness (QED) is 0.575. The molecule has 1 heterocycles. The molecule has 0 aromatic carbocycles. The molecule has 1 atom stereocenters. The van der Waals surface area contributed by atoms with E-state index in [1.165, 1.54) is 0 Å². The van der Waals surface area contributed by atoms with Gasteiger partial charge in [0.25, 0.3) is 0 Å². The number of thioether (sulfide) groups is 1. The van der Waals surface area contributed by atoms with Crippen molar-refractivity contribution in [2.75, 3.05) is 31.4 Å². The van der Waals surface area contributed by atoms with E-state index >= 15 is 0 Å². The topological polar surface area (TPSA) is 75.3 Å². The van der Waals surface area contributed by atoms with Crippen molar-refractivity contribution in [3.8, 4) is 0 Å². The van der Waals surface area contributed by atoms with Crippen molar-refractivity contribution in [3.63, 3.8) is 0 Å². The maximum Gasteiger partial charge on any atom is 0.208 e. The summed E-state index contributed by atoms with van der Waals surface area (Å²) in [6.45, 7) is 1.90. The number of rotatable bonds is 7. The van der Waals surface area contributed by atoms with Gasteiger partial charge in [0.15, 0.2) is 4.34 Å². The molecule has 0 aliphatic rings. The van der Waals surface area contributed by atoms with Crippen LogP contribution in [-0.2, 0) is 0 Å². The summed E-state index contributed by atoms with van der Waals surface area (Å²) in [6.07, 6.45) is 1.78. The average molecular weight is 276 g/mol. The SMILES string of the molecule is CN(C)c1nnc(SCCCC(C)(N)CO)s1. The van der Waals surface area contributed by atoms with Gasteiger partial charge in [-0.1, -0.05) is 23.1 Å². The van der Waals surface area contributed by atoms with Gasteiger partial charge < -0.3 is 15.7 Å². The van der Waals surface area contributed by atoms with Crippen LogP contribution in [0.1, 0.15) is 19.8 Å². The highest BCUT2D eigenvalue weighted by Gasteiger charge is 2.16. The molecule has 0 amide bonds. The molecule has 0 saturated heterocycles. The van der Waals surface area contributed by atoms with E-state index in [0.717, 1.165) is 28.1 Å². The molecular formula is C10H20N4OS2. The second kappa shape index (κ2) is 6.53. The minimum Gasteiger partial charge on any atom is -0.394 e. The van der Waals surface area contributed by atoms with Crippen molar-refractivity contribution in [2.24, 2.45) is 5.73 Å². The molecule has 0 aliphatic heterocycles. The number of hydrogen-bond donors (Lipinski definition) is 2. The molecule has 1 rings (SSSR count). The minimum atomic E-state index is -0.462. The molecule has 0 bridgehead atoms. The van der Waals surface area contributed by atoms with E-state index in [1.807, 2.05) is 25.9 Å². The van der Waals surface area contributed by atoms with Crippen LogP contribution in [0, 0.1) is 0 Å². The maximum absolute atomic E-state index is 9.02. The van der Waals surface area contributed by atoms with E-state index < -0.39 is 5.54 Å². The lowest BCUT2D eigenvalue weighted by atomic mass is 9.99. The van der Waals surface area contributed by atoms with E-state index in [2.05, 4.69) is 10.2 Å². The van der Waals surface area contributed by atoms with Crippen LogP contribution in [0.2, 0.25) is 0 Å². The van der Waals surface area contributed by atoms with Crippen molar-refractivity contribution in [1.29, 1.82) is 0 Å². The Morgan fingerprint density at radius 1 is 1.47 bits per heavy atom. The highest BCUT2D eigenvalue weighted by molar-refractivity contribution is 8.01. The van der Waals surface area contributed by atoms with E-state index in [4.69, 9.17) is 10.8 Å². The number of anilines is 1. The summed E-state index contributed by atoms with van der Waals surface area (Å²) in [6, 6.07) is 0. The number of aliphatic hydroxyl groups excluding tert-OH is 1. The molecule has 1 aromatic rings. The summed E-state index contributed by atoms with van der Waals surface area (Å²) in [5, 5.41) is 18.1. The molecule has 0 radical (unpaired) electrons. The van der Waals surface area contributed by atoms with Crippen molar-refractivity contribution in [3.05, 3.63) is 0 Å². The lowest BCUT2D eigenvalue weighted by Crippen LogP contribution is -2.40. The van der Waals surface area contributed by atoms with Crippen molar-refractivity contribution < 1.29 is 5.11 Å². The molecule has 0 spiro atoms. The van der Waals surface area contributed by atoms with Crippen LogP contribution in [0.5, 0.6) is 0 Å². The first kappa shape index (κ1) is 14.7. The van der Waals surface area contributed by atoms with Gasteiger partial charge in [-0.05, 0) is 19.8 Å². The first-order valence-electron chi connectivity index (χ1n) is 5.48. The summed E-state index contributed by atoms with van der Waals surface area (Å²) in [5.41, 5.74) is 5.39. The Morgan fingerprint density at radius 2 is 2.18 bits per heavy atom. The largest absolute Gasteiger partial charge is 0.394 e. The van der Waals surface area contributed by atoms with E-state index in [-0.39, 0.29) is 6.61 Å². The molecule has 17 heavy (non-hydrogen) atoms. The Hall–Kier alpha value is -0.370. The van der Waals surface area contributed by atoms with Gasteiger partial charge >= 0.3 is 0 Å². The maximum atomic E-state index is 9.02. The van der Waals surface area contributed by atoms with E-state index in [1.54, 1.807) is 23.1 Å². The lowest BCUT2D eigenvalue weighted by Gasteiger charge is -2.20. The third kappa shape index (κ3) is 5.20. The third-order valence-corrected chi connectivity index (χ3v) is 4.57. The van der Waals surface area contributed by atoms with Crippen LogP contribution in [0.25, 0.3) is 0 Å². The minimum absolute atomic E-state index is 0.0290. The summed E-state index contributed by atoms with van der Waals surface area (Å²) in [4.78, 5) is 1.95. The number of nitrogens with two attached hydrogens (primary N) is 1. The molecule has 5 nitrogen and oxygen atoms in total. The van der Waals surface area contributed by atoms with Gasteiger partial charge in [0.05, 0.1) is 6.61 Å². The average Bonchev–Trinajstić information content (AvgIpc) is 2.73. The first-order chi connectivity index (χ1) is 7.94. The van der Waals surface area contributed by atoms with Gasteiger partial charge in [-0.2, -0.15) is 0 Å². The molecule has 0 fully saturated rings.